The summed E-state index contributed by atoms with van der Waals surface area (Å²) in [6, 6.07) is 17.8. The van der Waals surface area contributed by atoms with Gasteiger partial charge in [0.1, 0.15) is 11.5 Å². The summed E-state index contributed by atoms with van der Waals surface area (Å²) in [7, 11) is 0. The van der Waals surface area contributed by atoms with Crippen molar-refractivity contribution < 1.29 is 18.7 Å². The molecule has 6 nitrogen and oxygen atoms in total. The first kappa shape index (κ1) is 20.4. The number of hydrogen-bond donors (Lipinski definition) is 1. The SMILES string of the molecule is CCOC(=O)c1cc(-c2ccc(/C=N\NC(=O)Cc3ccccc3)o2)ccc1Cl. The van der Waals surface area contributed by atoms with Crippen LogP contribution < -0.4 is 5.43 Å². The molecule has 3 aromatic rings. The van der Waals surface area contributed by atoms with Gasteiger partial charge in [0, 0.05) is 5.56 Å². The van der Waals surface area contributed by atoms with Gasteiger partial charge in [0.25, 0.3) is 0 Å². The molecule has 1 N–H and O–H groups in total. The standard InChI is InChI=1S/C22H19ClN2O4/c1-2-28-22(27)18-13-16(8-10-19(18)23)20-11-9-17(29-20)14-24-25-21(26)12-15-6-4-3-5-7-15/h3-11,13-14H,2,12H2,1H3,(H,25,26)/b24-14-. The number of furan rings is 1. The molecule has 7 heteroatoms. The fraction of sp³-hybridized carbons (Fsp3) is 0.136. The number of hydrogen-bond acceptors (Lipinski definition) is 5. The van der Waals surface area contributed by atoms with Crippen LogP contribution in [-0.2, 0) is 16.0 Å². The minimum atomic E-state index is -0.492. The summed E-state index contributed by atoms with van der Waals surface area (Å²) in [5, 5.41) is 4.22. The lowest BCUT2D eigenvalue weighted by Crippen LogP contribution is -2.19. The van der Waals surface area contributed by atoms with E-state index >= 15 is 0 Å². The molecule has 2 aromatic carbocycles. The van der Waals surface area contributed by atoms with Gasteiger partial charge in [-0.2, -0.15) is 5.10 Å². The third-order valence-electron chi connectivity index (χ3n) is 3.96. The number of rotatable bonds is 7. The molecule has 3 rings (SSSR count). The Labute approximate surface area is 173 Å². The first-order chi connectivity index (χ1) is 14.1. The highest BCUT2D eigenvalue weighted by molar-refractivity contribution is 6.33. The zero-order chi connectivity index (χ0) is 20.6. The number of carbonyl (C=O) groups excluding carboxylic acids is 2. The highest BCUT2D eigenvalue weighted by Gasteiger charge is 2.14. The van der Waals surface area contributed by atoms with Gasteiger partial charge in [-0.15, -0.1) is 0 Å². The second kappa shape index (κ2) is 9.71. The van der Waals surface area contributed by atoms with Crippen LogP contribution in [0.15, 0.2) is 70.2 Å². The van der Waals surface area contributed by atoms with E-state index in [1.807, 2.05) is 30.3 Å². The molecular weight excluding hydrogens is 392 g/mol. The van der Waals surface area contributed by atoms with E-state index in [2.05, 4.69) is 10.5 Å². The van der Waals surface area contributed by atoms with E-state index in [0.717, 1.165) is 5.56 Å². The third kappa shape index (κ3) is 5.56. The van der Waals surface area contributed by atoms with Crippen LogP contribution in [0.4, 0.5) is 0 Å². The van der Waals surface area contributed by atoms with E-state index in [-0.39, 0.29) is 24.5 Å². The van der Waals surface area contributed by atoms with E-state index in [4.69, 9.17) is 20.8 Å². The molecule has 0 spiro atoms. The summed E-state index contributed by atoms with van der Waals surface area (Å²) in [6.07, 6.45) is 1.65. The van der Waals surface area contributed by atoms with E-state index < -0.39 is 5.97 Å². The van der Waals surface area contributed by atoms with Gasteiger partial charge in [0.15, 0.2) is 0 Å². The van der Waals surface area contributed by atoms with Gasteiger partial charge < -0.3 is 9.15 Å². The van der Waals surface area contributed by atoms with E-state index in [1.54, 1.807) is 37.3 Å². The minimum absolute atomic E-state index is 0.226. The van der Waals surface area contributed by atoms with Gasteiger partial charge >= 0.3 is 5.97 Å². The van der Waals surface area contributed by atoms with E-state index in [0.29, 0.717) is 22.1 Å². The summed E-state index contributed by atoms with van der Waals surface area (Å²) in [5.74, 6) is 0.266. The number of amides is 1. The third-order valence-corrected chi connectivity index (χ3v) is 4.29. The molecule has 1 heterocycles. The highest BCUT2D eigenvalue weighted by Crippen LogP contribution is 2.27. The molecular formula is C22H19ClN2O4. The zero-order valence-corrected chi connectivity index (χ0v) is 16.5. The summed E-state index contributed by atoms with van der Waals surface area (Å²) in [5.41, 5.74) is 4.31. The molecule has 0 aliphatic carbocycles. The Kier molecular flexibility index (Phi) is 6.81. The first-order valence-corrected chi connectivity index (χ1v) is 9.37. The monoisotopic (exact) mass is 410 g/mol. The molecule has 148 valence electrons. The second-order valence-corrected chi connectivity index (χ2v) is 6.48. The molecule has 0 fully saturated rings. The number of esters is 1. The van der Waals surface area contributed by atoms with Gasteiger partial charge in [-0.1, -0.05) is 41.9 Å². The Morgan fingerprint density at radius 1 is 1.14 bits per heavy atom. The number of benzene rings is 2. The molecule has 0 unspecified atom stereocenters. The van der Waals surface area contributed by atoms with Crippen molar-refractivity contribution in [2.24, 2.45) is 5.10 Å². The highest BCUT2D eigenvalue weighted by atomic mass is 35.5. The van der Waals surface area contributed by atoms with Gasteiger partial charge in [-0.05, 0) is 42.8 Å². The van der Waals surface area contributed by atoms with Crippen LogP contribution in [0.25, 0.3) is 11.3 Å². The van der Waals surface area contributed by atoms with Crippen LogP contribution in [0.3, 0.4) is 0 Å². The van der Waals surface area contributed by atoms with Crippen LogP contribution >= 0.6 is 11.6 Å². The largest absolute Gasteiger partial charge is 0.462 e. The topological polar surface area (TPSA) is 80.9 Å². The summed E-state index contributed by atoms with van der Waals surface area (Å²) in [6.45, 7) is 1.99. The van der Waals surface area contributed by atoms with Crippen molar-refractivity contribution in [1.29, 1.82) is 0 Å². The van der Waals surface area contributed by atoms with Gasteiger partial charge in [0.05, 0.1) is 29.8 Å². The van der Waals surface area contributed by atoms with Crippen LogP contribution in [0, 0.1) is 0 Å². The van der Waals surface area contributed by atoms with E-state index in [1.165, 1.54) is 6.21 Å². The van der Waals surface area contributed by atoms with Crippen molar-refractivity contribution in [3.8, 4) is 11.3 Å². The lowest BCUT2D eigenvalue weighted by molar-refractivity contribution is -0.120. The molecule has 29 heavy (non-hydrogen) atoms. The fourth-order valence-corrected chi connectivity index (χ4v) is 2.80. The number of carbonyl (C=O) groups is 2. The lowest BCUT2D eigenvalue weighted by atomic mass is 10.1. The smallest absolute Gasteiger partial charge is 0.339 e. The van der Waals surface area contributed by atoms with Crippen LogP contribution in [0.5, 0.6) is 0 Å². The Bertz CT molecular complexity index is 1030. The average Bonchev–Trinajstić information content (AvgIpc) is 3.18. The van der Waals surface area contributed by atoms with Crippen molar-refractivity contribution in [2.45, 2.75) is 13.3 Å². The molecule has 0 saturated carbocycles. The van der Waals surface area contributed by atoms with Crippen LogP contribution in [0.1, 0.15) is 28.6 Å². The predicted molar refractivity (Wildman–Crippen MR) is 111 cm³/mol. The Morgan fingerprint density at radius 3 is 2.69 bits per heavy atom. The molecule has 1 aromatic heterocycles. The predicted octanol–water partition coefficient (Wildman–Crippen LogP) is 4.47. The Balaban J connectivity index is 1.65. The van der Waals surface area contributed by atoms with Gasteiger partial charge in [0.2, 0.25) is 5.91 Å². The number of halogens is 1. The quantitative estimate of drug-likeness (QED) is 0.354. The lowest BCUT2D eigenvalue weighted by Gasteiger charge is -2.05. The fourth-order valence-electron chi connectivity index (χ4n) is 2.61. The van der Waals surface area contributed by atoms with Crippen molar-refractivity contribution in [3.05, 3.63) is 82.6 Å². The van der Waals surface area contributed by atoms with Crippen molar-refractivity contribution in [1.82, 2.24) is 5.43 Å². The van der Waals surface area contributed by atoms with Crippen molar-refractivity contribution in [2.75, 3.05) is 6.61 Å². The van der Waals surface area contributed by atoms with Crippen molar-refractivity contribution >= 4 is 29.7 Å². The maximum absolute atomic E-state index is 12.0. The van der Waals surface area contributed by atoms with E-state index in [9.17, 15) is 9.59 Å². The van der Waals surface area contributed by atoms with Gasteiger partial charge in [-0.25, -0.2) is 10.2 Å². The van der Waals surface area contributed by atoms with Crippen molar-refractivity contribution in [3.63, 3.8) is 0 Å². The molecule has 0 aliphatic rings. The van der Waals surface area contributed by atoms with Crippen LogP contribution in [0.2, 0.25) is 5.02 Å². The maximum atomic E-state index is 12.0. The number of hydrazone groups is 1. The Hall–Kier alpha value is -3.38. The molecule has 0 bridgehead atoms. The summed E-state index contributed by atoms with van der Waals surface area (Å²) >= 11 is 6.08. The van der Waals surface area contributed by atoms with Gasteiger partial charge in [-0.3, -0.25) is 4.79 Å². The molecule has 0 saturated heterocycles. The van der Waals surface area contributed by atoms with Crippen LogP contribution in [-0.4, -0.2) is 24.7 Å². The maximum Gasteiger partial charge on any atom is 0.339 e. The number of nitrogens with zero attached hydrogens (tertiary/aromatic N) is 1. The number of nitrogens with one attached hydrogen (secondary N) is 1. The average molecular weight is 411 g/mol. The molecule has 0 atom stereocenters. The minimum Gasteiger partial charge on any atom is -0.462 e. The normalized spacial score (nSPS) is 10.8. The molecule has 0 aliphatic heterocycles. The Morgan fingerprint density at radius 2 is 1.93 bits per heavy atom. The molecule has 0 radical (unpaired) electrons. The first-order valence-electron chi connectivity index (χ1n) is 8.99. The number of ether oxygens (including phenoxy) is 1. The second-order valence-electron chi connectivity index (χ2n) is 6.07. The summed E-state index contributed by atoms with van der Waals surface area (Å²) < 4.78 is 10.7. The zero-order valence-electron chi connectivity index (χ0n) is 15.7. The molecule has 1 amide bonds. The summed E-state index contributed by atoms with van der Waals surface area (Å²) in [4.78, 5) is 23.9.